The van der Waals surface area contributed by atoms with Crippen LogP contribution in [0.4, 0.5) is 0 Å². The molecule has 3 heterocycles. The number of aliphatic hydroxyl groups excluding tert-OH is 6. The molecule has 0 saturated carbocycles. The van der Waals surface area contributed by atoms with Gasteiger partial charge in [0.1, 0.15) is 42.7 Å². The SMILES string of the molecule is O=C1C=CN([C@@H]2O[C@H](CP(=O)(O)OP(=O)(O)OC3O[C@H](CO)[C@@H](O)[C@H](O)[C@H]3O)[C@@H](O)[C@H]2O)CN1. The maximum atomic E-state index is 12.5. The normalized spacial score (nSPS) is 42.2. The number of hydrogen-bond donors (Lipinski definition) is 9. The molecule has 0 spiro atoms. The van der Waals surface area contributed by atoms with Crippen LogP contribution in [0.5, 0.6) is 0 Å². The van der Waals surface area contributed by atoms with Crippen LogP contribution >= 0.6 is 15.4 Å². The summed E-state index contributed by atoms with van der Waals surface area (Å²) in [4.78, 5) is 32.4. The molecule has 0 bridgehead atoms. The van der Waals surface area contributed by atoms with Gasteiger partial charge in [0.2, 0.25) is 5.91 Å². The topological polar surface area (TPSA) is 265 Å². The molecule has 2 fully saturated rings. The van der Waals surface area contributed by atoms with Crippen LogP contribution in [0.2, 0.25) is 0 Å². The highest BCUT2D eigenvalue weighted by molar-refractivity contribution is 7.64. The van der Waals surface area contributed by atoms with Gasteiger partial charge in [0.05, 0.1) is 19.4 Å². The lowest BCUT2D eigenvalue weighted by molar-refractivity contribution is -0.280. The van der Waals surface area contributed by atoms with Gasteiger partial charge >= 0.3 is 15.4 Å². The van der Waals surface area contributed by atoms with E-state index in [0.29, 0.717) is 0 Å². The molecule has 3 aliphatic heterocycles. The van der Waals surface area contributed by atoms with Gasteiger partial charge in [0, 0.05) is 12.3 Å². The second kappa shape index (κ2) is 10.5. The fourth-order valence-corrected chi connectivity index (χ4v) is 6.40. The summed E-state index contributed by atoms with van der Waals surface area (Å²) in [6.07, 6.45) is -14.2. The molecule has 19 heteroatoms. The second-order valence-electron chi connectivity index (χ2n) is 7.75. The zero-order chi connectivity index (χ0) is 25.4. The van der Waals surface area contributed by atoms with Gasteiger partial charge in [-0.2, -0.15) is 0 Å². The van der Waals surface area contributed by atoms with E-state index in [9.17, 15) is 49.2 Å². The molecule has 3 rings (SSSR count). The Hall–Kier alpha value is -1.01. The third kappa shape index (κ3) is 6.21. The maximum absolute atomic E-state index is 12.5. The summed E-state index contributed by atoms with van der Waals surface area (Å²) < 4.78 is 43.8. The van der Waals surface area contributed by atoms with Gasteiger partial charge in [-0.1, -0.05) is 0 Å². The maximum Gasteiger partial charge on any atom is 0.481 e. The molecule has 0 radical (unpaired) electrons. The van der Waals surface area contributed by atoms with Crippen molar-refractivity contribution >= 4 is 21.3 Å². The fraction of sp³-hybridized carbons (Fsp3) is 0.800. The first kappa shape index (κ1) is 27.6. The number of phosphoric acid groups is 1. The lowest BCUT2D eigenvalue weighted by atomic mass is 10.00. The van der Waals surface area contributed by atoms with Gasteiger partial charge in [-0.05, 0) is 0 Å². The van der Waals surface area contributed by atoms with E-state index in [-0.39, 0.29) is 6.67 Å². The van der Waals surface area contributed by atoms with Crippen molar-refractivity contribution in [3.05, 3.63) is 12.3 Å². The van der Waals surface area contributed by atoms with Crippen molar-refractivity contribution in [2.45, 2.75) is 55.2 Å². The molecule has 9 N–H and O–H groups in total. The van der Waals surface area contributed by atoms with Crippen molar-refractivity contribution in [3.63, 3.8) is 0 Å². The molecule has 34 heavy (non-hydrogen) atoms. The summed E-state index contributed by atoms with van der Waals surface area (Å²) in [5.74, 6) is -0.410. The average molecular weight is 536 g/mol. The predicted octanol–water partition coefficient (Wildman–Crippen LogP) is -4.54. The van der Waals surface area contributed by atoms with Crippen LogP contribution in [0.3, 0.4) is 0 Å². The number of amides is 1. The van der Waals surface area contributed by atoms with Crippen molar-refractivity contribution in [1.29, 1.82) is 0 Å². The first-order valence-corrected chi connectivity index (χ1v) is 13.1. The minimum Gasteiger partial charge on any atom is -0.394 e. The van der Waals surface area contributed by atoms with Gasteiger partial charge in [-0.25, -0.2) is 8.88 Å². The van der Waals surface area contributed by atoms with Gasteiger partial charge in [0.15, 0.2) is 12.5 Å². The van der Waals surface area contributed by atoms with Crippen molar-refractivity contribution in [2.75, 3.05) is 19.4 Å². The van der Waals surface area contributed by atoms with Gasteiger partial charge in [0.25, 0.3) is 0 Å². The van der Waals surface area contributed by atoms with Gasteiger partial charge in [-0.3, -0.25) is 13.9 Å². The number of hydrogen-bond acceptors (Lipinski definition) is 14. The number of nitrogens with one attached hydrogen (secondary N) is 1. The van der Waals surface area contributed by atoms with Crippen LogP contribution in [0.25, 0.3) is 0 Å². The van der Waals surface area contributed by atoms with E-state index in [4.69, 9.17) is 14.6 Å². The molecule has 0 aromatic carbocycles. The molecule has 3 aliphatic rings. The molecule has 2 saturated heterocycles. The summed E-state index contributed by atoms with van der Waals surface area (Å²) in [5.41, 5.74) is 0. The largest absolute Gasteiger partial charge is 0.481 e. The van der Waals surface area contributed by atoms with E-state index in [0.717, 1.165) is 6.08 Å². The molecule has 1 amide bonds. The molecule has 0 aromatic rings. The molecule has 17 nitrogen and oxygen atoms in total. The Balaban J connectivity index is 1.62. The van der Waals surface area contributed by atoms with Crippen molar-refractivity contribution in [3.8, 4) is 0 Å². The fourth-order valence-electron chi connectivity index (χ4n) is 3.50. The molecular weight excluding hydrogens is 510 g/mol. The first-order chi connectivity index (χ1) is 15.7. The Bertz CT molecular complexity index is 873. The number of rotatable bonds is 8. The monoisotopic (exact) mass is 536 g/mol. The minimum absolute atomic E-state index is 0.0947. The van der Waals surface area contributed by atoms with Crippen LogP contribution in [0.15, 0.2) is 12.3 Å². The molecule has 196 valence electrons. The Labute approximate surface area is 191 Å². The Kier molecular flexibility index (Phi) is 8.55. The molecular formula is C15H26N2O15P2. The van der Waals surface area contributed by atoms with Crippen LogP contribution in [0, 0.1) is 0 Å². The first-order valence-electron chi connectivity index (χ1n) is 9.83. The zero-order valence-electron chi connectivity index (χ0n) is 17.2. The quantitative estimate of drug-likeness (QED) is 0.132. The number of ether oxygens (including phenoxy) is 2. The van der Waals surface area contributed by atoms with E-state index in [1.165, 1.54) is 11.1 Å². The van der Waals surface area contributed by atoms with Crippen LogP contribution < -0.4 is 5.32 Å². The highest BCUT2D eigenvalue weighted by atomic mass is 31.3. The highest BCUT2D eigenvalue weighted by Gasteiger charge is 2.51. The molecule has 0 aromatic heterocycles. The number of phosphoric ester groups is 1. The third-order valence-electron chi connectivity index (χ3n) is 5.24. The van der Waals surface area contributed by atoms with Crippen molar-refractivity contribution < 1.29 is 72.7 Å². The third-order valence-corrected chi connectivity index (χ3v) is 8.39. The Morgan fingerprint density at radius 3 is 2.24 bits per heavy atom. The van der Waals surface area contributed by atoms with E-state index in [1.807, 2.05) is 0 Å². The summed E-state index contributed by atoms with van der Waals surface area (Å²) >= 11 is 0. The number of carbonyl (C=O) groups is 1. The summed E-state index contributed by atoms with van der Waals surface area (Å²) in [7, 11) is -10.6. The second-order valence-corrected chi connectivity index (χ2v) is 11.2. The van der Waals surface area contributed by atoms with Crippen molar-refractivity contribution in [1.82, 2.24) is 10.2 Å². The number of carbonyl (C=O) groups excluding carboxylic acids is 1. The lowest BCUT2D eigenvalue weighted by Crippen LogP contribution is -2.58. The van der Waals surface area contributed by atoms with E-state index >= 15 is 0 Å². The van der Waals surface area contributed by atoms with E-state index < -0.39 is 89.3 Å². The zero-order valence-corrected chi connectivity index (χ0v) is 19.0. The van der Waals surface area contributed by atoms with Crippen molar-refractivity contribution in [2.24, 2.45) is 0 Å². The Morgan fingerprint density at radius 2 is 1.65 bits per heavy atom. The highest BCUT2D eigenvalue weighted by Crippen LogP contribution is 2.61. The molecule has 11 atom stereocenters. The van der Waals surface area contributed by atoms with Gasteiger partial charge < -0.3 is 60.1 Å². The summed E-state index contributed by atoms with van der Waals surface area (Å²) in [6.45, 7) is -0.960. The molecule has 3 unspecified atom stereocenters. The number of aliphatic hydroxyl groups is 6. The molecule has 0 aliphatic carbocycles. The minimum atomic E-state index is -5.48. The van der Waals surface area contributed by atoms with E-state index in [2.05, 4.69) is 14.2 Å². The van der Waals surface area contributed by atoms with Crippen LogP contribution in [-0.2, 0) is 32.2 Å². The predicted molar refractivity (Wildman–Crippen MR) is 105 cm³/mol. The summed E-state index contributed by atoms with van der Waals surface area (Å²) in [6, 6.07) is 0. The van der Waals surface area contributed by atoms with Crippen LogP contribution in [0.1, 0.15) is 0 Å². The Morgan fingerprint density at radius 1 is 1.00 bits per heavy atom. The lowest BCUT2D eigenvalue weighted by Gasteiger charge is -2.39. The standard InChI is InChI=1S/C15H26N2O15P2/c18-3-6-9(20)11(22)13(24)15(30-6)31-34(27,28)32-33(25,26)4-7-10(21)12(23)14(29-7)17-2-1-8(19)16-5-17/h1-2,6-7,9-15,18,20-24H,3-5H2,(H,16,19)(H,25,26)(H,27,28)/t6-,7-,9-,10-,11+,12-,13-,14-,15?/m1/s1. The smallest absolute Gasteiger partial charge is 0.394 e. The van der Waals surface area contributed by atoms with Crippen LogP contribution in [-0.4, -0.2) is 126 Å². The number of nitrogens with zero attached hydrogens (tertiary/aromatic N) is 1. The van der Waals surface area contributed by atoms with Gasteiger partial charge in [-0.15, -0.1) is 0 Å². The summed E-state index contributed by atoms with van der Waals surface area (Å²) in [5, 5.41) is 61.2. The average Bonchev–Trinajstić information content (AvgIpc) is 3.01. The van der Waals surface area contributed by atoms with E-state index in [1.54, 1.807) is 0 Å².